The van der Waals surface area contributed by atoms with Gasteiger partial charge in [0.25, 0.3) is 10.0 Å². The first-order valence-corrected chi connectivity index (χ1v) is 10.1. The number of ether oxygens (including phenoxy) is 1. The number of carbonyl (C=O) groups excluding carboxylic acids is 1. The van der Waals surface area contributed by atoms with E-state index in [1.165, 1.54) is 18.2 Å². The molecule has 3 rings (SSSR count). The number of sulfonamides is 1. The van der Waals surface area contributed by atoms with Crippen LogP contribution in [0.3, 0.4) is 0 Å². The lowest BCUT2D eigenvalue weighted by Crippen LogP contribution is -2.21. The molecule has 3 aromatic rings. The number of esters is 1. The van der Waals surface area contributed by atoms with E-state index in [1.807, 2.05) is 19.9 Å². The summed E-state index contributed by atoms with van der Waals surface area (Å²) >= 11 is 0. The third kappa shape index (κ3) is 3.94. The minimum Gasteiger partial charge on any atom is -0.465 e. The molecule has 0 spiro atoms. The van der Waals surface area contributed by atoms with Gasteiger partial charge in [0.15, 0.2) is 5.58 Å². The van der Waals surface area contributed by atoms with Crippen LogP contribution >= 0.6 is 0 Å². The molecule has 0 saturated heterocycles. The molecule has 0 amide bonds. The van der Waals surface area contributed by atoms with E-state index in [-0.39, 0.29) is 23.6 Å². The van der Waals surface area contributed by atoms with Crippen LogP contribution in [0.5, 0.6) is 0 Å². The van der Waals surface area contributed by atoms with Crippen molar-refractivity contribution in [2.24, 2.45) is 0 Å². The van der Waals surface area contributed by atoms with Crippen LogP contribution in [0.1, 0.15) is 18.1 Å². The molecule has 1 N–H and O–H groups in total. The fraction of sp³-hybridized carbons (Fsp3) is 0.263. The molecular formula is C19H20N2O6S. The summed E-state index contributed by atoms with van der Waals surface area (Å²) < 4.78 is 38.9. The second kappa shape index (κ2) is 7.51. The van der Waals surface area contributed by atoms with Gasteiger partial charge in [0, 0.05) is 11.8 Å². The number of nitrogens with one attached hydrogen (secondary N) is 1. The maximum atomic E-state index is 12.7. The van der Waals surface area contributed by atoms with Crippen LogP contribution in [0.25, 0.3) is 11.1 Å². The van der Waals surface area contributed by atoms with Gasteiger partial charge >= 0.3 is 11.7 Å². The smallest absolute Gasteiger partial charge is 0.420 e. The van der Waals surface area contributed by atoms with E-state index in [1.54, 1.807) is 19.1 Å². The van der Waals surface area contributed by atoms with Gasteiger partial charge in [-0.05, 0) is 56.2 Å². The number of benzene rings is 2. The van der Waals surface area contributed by atoms with E-state index in [2.05, 4.69) is 4.72 Å². The molecule has 2 aromatic carbocycles. The number of nitrogens with zero attached hydrogens (tertiary/aromatic N) is 1. The summed E-state index contributed by atoms with van der Waals surface area (Å²) in [5, 5.41) is 0. The van der Waals surface area contributed by atoms with Crippen LogP contribution in [0.15, 0.2) is 50.5 Å². The van der Waals surface area contributed by atoms with E-state index in [0.717, 1.165) is 15.7 Å². The molecule has 8 nitrogen and oxygen atoms in total. The van der Waals surface area contributed by atoms with Crippen molar-refractivity contribution in [3.05, 3.63) is 58.1 Å². The van der Waals surface area contributed by atoms with Gasteiger partial charge in [-0.25, -0.2) is 13.2 Å². The van der Waals surface area contributed by atoms with E-state index in [9.17, 15) is 18.0 Å². The second-order valence-corrected chi connectivity index (χ2v) is 7.98. The number of anilines is 1. The van der Waals surface area contributed by atoms with Gasteiger partial charge in [0.2, 0.25) is 0 Å². The molecule has 0 aliphatic heterocycles. The Morgan fingerprint density at radius 1 is 1.14 bits per heavy atom. The van der Waals surface area contributed by atoms with Crippen molar-refractivity contribution >= 4 is 32.8 Å². The highest BCUT2D eigenvalue weighted by Crippen LogP contribution is 2.22. The van der Waals surface area contributed by atoms with Crippen molar-refractivity contribution in [1.82, 2.24) is 4.57 Å². The van der Waals surface area contributed by atoms with Crippen LogP contribution < -0.4 is 10.5 Å². The standard InChI is InChI=1S/C19H20N2O6S/c1-4-26-18(22)11-21-16-8-7-15(10-17(16)27-19(21)23)28(24,25)20-14-6-5-12(2)13(3)9-14/h5-10,20H,4,11H2,1-3H3. The Morgan fingerprint density at radius 2 is 1.89 bits per heavy atom. The van der Waals surface area contributed by atoms with Crippen LogP contribution in [-0.2, 0) is 26.1 Å². The summed E-state index contributed by atoms with van der Waals surface area (Å²) in [6.45, 7) is 5.36. The Balaban J connectivity index is 1.94. The zero-order valence-electron chi connectivity index (χ0n) is 15.7. The minimum atomic E-state index is -3.88. The van der Waals surface area contributed by atoms with Gasteiger partial charge in [-0.3, -0.25) is 14.1 Å². The molecule has 0 fully saturated rings. The van der Waals surface area contributed by atoms with E-state index in [0.29, 0.717) is 11.2 Å². The third-order valence-corrected chi connectivity index (χ3v) is 5.68. The molecule has 0 unspecified atom stereocenters. The topological polar surface area (TPSA) is 108 Å². The normalized spacial score (nSPS) is 11.5. The Kier molecular flexibility index (Phi) is 5.28. The molecule has 148 valence electrons. The number of hydrogen-bond acceptors (Lipinski definition) is 6. The lowest BCUT2D eigenvalue weighted by Gasteiger charge is -2.10. The molecule has 0 aliphatic rings. The number of fused-ring (bicyclic) bond motifs is 1. The molecule has 0 aliphatic carbocycles. The molecule has 9 heteroatoms. The number of carbonyl (C=O) groups is 1. The molecule has 0 radical (unpaired) electrons. The molecular weight excluding hydrogens is 384 g/mol. The monoisotopic (exact) mass is 404 g/mol. The Morgan fingerprint density at radius 3 is 2.57 bits per heavy atom. The zero-order chi connectivity index (χ0) is 20.5. The molecule has 0 bridgehead atoms. The van der Waals surface area contributed by atoms with Crippen LogP contribution in [0.2, 0.25) is 0 Å². The molecule has 28 heavy (non-hydrogen) atoms. The van der Waals surface area contributed by atoms with Crippen LogP contribution in [0, 0.1) is 13.8 Å². The van der Waals surface area contributed by atoms with Gasteiger partial charge in [-0.1, -0.05) is 6.07 Å². The fourth-order valence-corrected chi connectivity index (χ4v) is 3.78. The van der Waals surface area contributed by atoms with E-state index >= 15 is 0 Å². The fourth-order valence-electron chi connectivity index (χ4n) is 2.72. The molecule has 1 heterocycles. The highest BCUT2D eigenvalue weighted by Gasteiger charge is 2.19. The lowest BCUT2D eigenvalue weighted by molar-refractivity contribution is -0.143. The van der Waals surface area contributed by atoms with Crippen LogP contribution in [-0.4, -0.2) is 25.6 Å². The summed E-state index contributed by atoms with van der Waals surface area (Å²) in [5.41, 5.74) is 2.82. The van der Waals surface area contributed by atoms with Gasteiger partial charge in [-0.15, -0.1) is 0 Å². The first kappa shape index (κ1) is 19.7. The highest BCUT2D eigenvalue weighted by molar-refractivity contribution is 7.92. The molecule has 0 atom stereocenters. The lowest BCUT2D eigenvalue weighted by atomic mass is 10.1. The highest BCUT2D eigenvalue weighted by atomic mass is 32.2. The average Bonchev–Trinajstić information content (AvgIpc) is 2.93. The zero-order valence-corrected chi connectivity index (χ0v) is 16.5. The number of oxazole rings is 1. The second-order valence-electron chi connectivity index (χ2n) is 6.29. The quantitative estimate of drug-likeness (QED) is 0.633. The van der Waals surface area contributed by atoms with Gasteiger partial charge in [-0.2, -0.15) is 0 Å². The minimum absolute atomic E-state index is 0.0599. The van der Waals surface area contributed by atoms with Crippen molar-refractivity contribution in [3.63, 3.8) is 0 Å². The summed E-state index contributed by atoms with van der Waals surface area (Å²) in [7, 11) is -3.88. The van der Waals surface area contributed by atoms with Gasteiger partial charge in [0.05, 0.1) is 17.0 Å². The first-order chi connectivity index (χ1) is 13.2. The summed E-state index contributed by atoms with van der Waals surface area (Å²) in [4.78, 5) is 23.6. The van der Waals surface area contributed by atoms with Crippen molar-refractivity contribution < 1.29 is 22.4 Å². The van der Waals surface area contributed by atoms with Crippen molar-refractivity contribution in [2.75, 3.05) is 11.3 Å². The largest absolute Gasteiger partial charge is 0.465 e. The Labute approximate surface area is 161 Å². The maximum absolute atomic E-state index is 12.7. The van der Waals surface area contributed by atoms with Gasteiger partial charge < -0.3 is 9.15 Å². The predicted octanol–water partition coefficient (Wildman–Crippen LogP) is 2.58. The number of hydrogen-bond donors (Lipinski definition) is 1. The van der Waals surface area contributed by atoms with Crippen molar-refractivity contribution in [1.29, 1.82) is 0 Å². The third-order valence-electron chi connectivity index (χ3n) is 4.30. The summed E-state index contributed by atoms with van der Waals surface area (Å²) in [6.07, 6.45) is 0. The SMILES string of the molecule is CCOC(=O)Cn1c(=O)oc2cc(S(=O)(=O)Nc3ccc(C)c(C)c3)ccc21. The summed E-state index contributed by atoms with van der Waals surface area (Å²) in [6, 6.07) is 9.26. The number of aryl methyl sites for hydroxylation is 2. The number of rotatable bonds is 6. The molecule has 0 saturated carbocycles. The Bertz CT molecular complexity index is 1210. The number of aromatic nitrogens is 1. The van der Waals surface area contributed by atoms with Crippen molar-refractivity contribution in [2.45, 2.75) is 32.2 Å². The first-order valence-electron chi connectivity index (χ1n) is 8.60. The van der Waals surface area contributed by atoms with E-state index < -0.39 is 21.7 Å². The summed E-state index contributed by atoms with van der Waals surface area (Å²) in [5.74, 6) is -1.35. The van der Waals surface area contributed by atoms with Crippen LogP contribution in [0.4, 0.5) is 5.69 Å². The van der Waals surface area contributed by atoms with Gasteiger partial charge in [0.1, 0.15) is 6.54 Å². The Hall–Kier alpha value is -3.07. The molecule has 1 aromatic heterocycles. The van der Waals surface area contributed by atoms with Crippen molar-refractivity contribution in [3.8, 4) is 0 Å². The average molecular weight is 404 g/mol. The van der Waals surface area contributed by atoms with E-state index in [4.69, 9.17) is 9.15 Å². The predicted molar refractivity (Wildman–Crippen MR) is 104 cm³/mol. The maximum Gasteiger partial charge on any atom is 0.420 e.